The molecule has 2 rings (SSSR count). The lowest BCUT2D eigenvalue weighted by molar-refractivity contribution is 0.102. The van der Waals surface area contributed by atoms with E-state index >= 15 is 0 Å². The molecule has 5 heteroatoms. The van der Waals surface area contributed by atoms with Crippen LogP contribution in [0.4, 0.5) is 11.5 Å². The molecule has 1 aromatic carbocycles. The van der Waals surface area contributed by atoms with Gasteiger partial charge >= 0.3 is 0 Å². The van der Waals surface area contributed by atoms with Gasteiger partial charge in [-0.3, -0.25) is 4.79 Å². The molecule has 0 aliphatic carbocycles. The molecule has 0 fully saturated rings. The lowest BCUT2D eigenvalue weighted by Crippen LogP contribution is -2.25. The van der Waals surface area contributed by atoms with Crippen molar-refractivity contribution in [2.24, 2.45) is 0 Å². The number of rotatable bonds is 7. The van der Waals surface area contributed by atoms with Gasteiger partial charge in [-0.1, -0.05) is 25.4 Å². The van der Waals surface area contributed by atoms with Gasteiger partial charge in [0, 0.05) is 23.7 Å². The largest absolute Gasteiger partial charge is 0.357 e. The van der Waals surface area contributed by atoms with Crippen molar-refractivity contribution < 1.29 is 4.79 Å². The lowest BCUT2D eigenvalue weighted by Gasteiger charge is -2.22. The van der Waals surface area contributed by atoms with Gasteiger partial charge in [-0.15, -0.1) is 0 Å². The molecule has 1 heterocycles. The molecule has 0 atom stereocenters. The van der Waals surface area contributed by atoms with Crippen LogP contribution in [-0.4, -0.2) is 24.0 Å². The second-order valence-corrected chi connectivity index (χ2v) is 5.79. The number of carbonyl (C=O) groups excluding carboxylic acids is 1. The SMILES string of the molecule is CCCN(CCC)c1ccc(NC(=O)c2ccc(Cl)cc2)cn1. The van der Waals surface area contributed by atoms with E-state index in [0.29, 0.717) is 16.3 Å². The molecule has 23 heavy (non-hydrogen) atoms. The number of amides is 1. The normalized spacial score (nSPS) is 10.4. The number of benzene rings is 1. The molecule has 0 saturated carbocycles. The Morgan fingerprint density at radius 2 is 1.74 bits per heavy atom. The van der Waals surface area contributed by atoms with Crippen molar-refractivity contribution in [3.63, 3.8) is 0 Å². The summed E-state index contributed by atoms with van der Waals surface area (Å²) < 4.78 is 0. The molecule has 0 bridgehead atoms. The van der Waals surface area contributed by atoms with Crippen LogP contribution in [0.15, 0.2) is 42.6 Å². The molecule has 1 amide bonds. The average Bonchev–Trinajstić information content (AvgIpc) is 2.56. The molecular weight excluding hydrogens is 310 g/mol. The summed E-state index contributed by atoms with van der Waals surface area (Å²) in [7, 11) is 0. The molecule has 1 aromatic heterocycles. The smallest absolute Gasteiger partial charge is 0.255 e. The van der Waals surface area contributed by atoms with Gasteiger partial charge in [0.05, 0.1) is 11.9 Å². The fourth-order valence-corrected chi connectivity index (χ4v) is 2.46. The monoisotopic (exact) mass is 331 g/mol. The first-order chi connectivity index (χ1) is 11.1. The highest BCUT2D eigenvalue weighted by atomic mass is 35.5. The lowest BCUT2D eigenvalue weighted by atomic mass is 10.2. The van der Waals surface area contributed by atoms with Crippen molar-refractivity contribution >= 4 is 29.0 Å². The minimum Gasteiger partial charge on any atom is -0.357 e. The maximum atomic E-state index is 12.2. The van der Waals surface area contributed by atoms with Gasteiger partial charge in [0.25, 0.3) is 5.91 Å². The highest BCUT2D eigenvalue weighted by Gasteiger charge is 2.08. The first-order valence-corrected chi connectivity index (χ1v) is 8.29. The van der Waals surface area contributed by atoms with Gasteiger partial charge in [-0.25, -0.2) is 4.98 Å². The molecule has 122 valence electrons. The predicted molar refractivity (Wildman–Crippen MR) is 96.4 cm³/mol. The number of halogens is 1. The van der Waals surface area contributed by atoms with Gasteiger partial charge in [0.15, 0.2) is 0 Å². The van der Waals surface area contributed by atoms with Crippen LogP contribution < -0.4 is 10.2 Å². The van der Waals surface area contributed by atoms with E-state index in [4.69, 9.17) is 11.6 Å². The fourth-order valence-electron chi connectivity index (χ4n) is 2.33. The molecule has 0 radical (unpaired) electrons. The zero-order valence-electron chi connectivity index (χ0n) is 13.6. The minimum atomic E-state index is -0.171. The van der Waals surface area contributed by atoms with Crippen LogP contribution in [0.5, 0.6) is 0 Å². The van der Waals surface area contributed by atoms with E-state index in [1.807, 2.05) is 12.1 Å². The van der Waals surface area contributed by atoms with E-state index < -0.39 is 0 Å². The highest BCUT2D eigenvalue weighted by molar-refractivity contribution is 6.30. The van der Waals surface area contributed by atoms with E-state index in [2.05, 4.69) is 29.0 Å². The second kappa shape index (κ2) is 8.53. The Labute approximate surface area is 142 Å². The van der Waals surface area contributed by atoms with Crippen LogP contribution in [0.1, 0.15) is 37.0 Å². The number of aromatic nitrogens is 1. The van der Waals surface area contributed by atoms with Crippen LogP contribution >= 0.6 is 11.6 Å². The van der Waals surface area contributed by atoms with Gasteiger partial charge in [-0.05, 0) is 49.2 Å². The molecule has 4 nitrogen and oxygen atoms in total. The Balaban J connectivity index is 2.04. The van der Waals surface area contributed by atoms with Crippen molar-refractivity contribution in [2.45, 2.75) is 26.7 Å². The van der Waals surface area contributed by atoms with Crippen molar-refractivity contribution in [1.82, 2.24) is 4.98 Å². The van der Waals surface area contributed by atoms with Crippen molar-refractivity contribution in [1.29, 1.82) is 0 Å². The van der Waals surface area contributed by atoms with Crippen molar-refractivity contribution in [3.05, 3.63) is 53.2 Å². The summed E-state index contributed by atoms with van der Waals surface area (Å²) in [4.78, 5) is 18.9. The Kier molecular flexibility index (Phi) is 6.41. The van der Waals surface area contributed by atoms with E-state index in [1.54, 1.807) is 30.5 Å². The van der Waals surface area contributed by atoms with Crippen molar-refractivity contribution in [2.75, 3.05) is 23.3 Å². The number of hydrogen-bond donors (Lipinski definition) is 1. The third-order valence-electron chi connectivity index (χ3n) is 3.42. The van der Waals surface area contributed by atoms with E-state index in [-0.39, 0.29) is 5.91 Å². The molecule has 2 aromatic rings. The summed E-state index contributed by atoms with van der Waals surface area (Å²) in [6, 6.07) is 10.6. The summed E-state index contributed by atoms with van der Waals surface area (Å²) in [5, 5.41) is 3.46. The maximum Gasteiger partial charge on any atom is 0.255 e. The minimum absolute atomic E-state index is 0.171. The second-order valence-electron chi connectivity index (χ2n) is 5.35. The summed E-state index contributed by atoms with van der Waals surface area (Å²) >= 11 is 5.83. The van der Waals surface area contributed by atoms with Crippen LogP contribution in [0.25, 0.3) is 0 Å². The quantitative estimate of drug-likeness (QED) is 0.805. The van der Waals surface area contributed by atoms with Crippen molar-refractivity contribution in [3.8, 4) is 0 Å². The number of nitrogens with one attached hydrogen (secondary N) is 1. The molecule has 0 aliphatic rings. The van der Waals surface area contributed by atoms with E-state index in [1.165, 1.54) is 0 Å². The summed E-state index contributed by atoms with van der Waals surface area (Å²) in [5.74, 6) is 0.772. The Morgan fingerprint density at radius 3 is 2.26 bits per heavy atom. The average molecular weight is 332 g/mol. The summed E-state index contributed by atoms with van der Waals surface area (Å²) in [5.41, 5.74) is 1.25. The zero-order valence-corrected chi connectivity index (χ0v) is 14.3. The highest BCUT2D eigenvalue weighted by Crippen LogP contribution is 2.16. The maximum absolute atomic E-state index is 12.2. The molecule has 0 aliphatic heterocycles. The van der Waals surface area contributed by atoms with Gasteiger partial charge in [0.1, 0.15) is 5.82 Å². The van der Waals surface area contributed by atoms with Crippen LogP contribution in [0.2, 0.25) is 5.02 Å². The summed E-state index contributed by atoms with van der Waals surface area (Å²) in [6.45, 7) is 6.28. The molecule has 0 unspecified atom stereocenters. The van der Waals surface area contributed by atoms with Crippen LogP contribution in [0.3, 0.4) is 0 Å². The van der Waals surface area contributed by atoms with Crippen LogP contribution in [-0.2, 0) is 0 Å². The number of anilines is 2. The Bertz CT molecular complexity index is 620. The number of nitrogens with zero attached hydrogens (tertiary/aromatic N) is 2. The molecule has 0 saturated heterocycles. The van der Waals surface area contributed by atoms with Crippen LogP contribution in [0, 0.1) is 0 Å². The number of carbonyl (C=O) groups is 1. The van der Waals surface area contributed by atoms with Gasteiger partial charge in [0.2, 0.25) is 0 Å². The zero-order chi connectivity index (χ0) is 16.7. The predicted octanol–water partition coefficient (Wildman–Crippen LogP) is 4.61. The first kappa shape index (κ1) is 17.3. The van der Waals surface area contributed by atoms with Gasteiger partial charge in [-0.2, -0.15) is 0 Å². The van der Waals surface area contributed by atoms with E-state index in [9.17, 15) is 4.79 Å². The van der Waals surface area contributed by atoms with E-state index in [0.717, 1.165) is 31.7 Å². The third-order valence-corrected chi connectivity index (χ3v) is 3.68. The standard InChI is InChI=1S/C18H22ClN3O/c1-3-11-22(12-4-2)17-10-9-16(13-20-17)21-18(23)14-5-7-15(19)8-6-14/h5-10,13H,3-4,11-12H2,1-2H3,(H,21,23). The topological polar surface area (TPSA) is 45.2 Å². The Hall–Kier alpha value is -2.07. The van der Waals surface area contributed by atoms with Gasteiger partial charge < -0.3 is 10.2 Å². The first-order valence-electron chi connectivity index (χ1n) is 7.92. The number of hydrogen-bond acceptors (Lipinski definition) is 3. The molecule has 1 N–H and O–H groups in total. The molecule has 0 spiro atoms. The Morgan fingerprint density at radius 1 is 1.09 bits per heavy atom. The number of pyridine rings is 1. The third kappa shape index (κ3) is 4.96. The molecular formula is C18H22ClN3O. The summed E-state index contributed by atoms with van der Waals surface area (Å²) in [6.07, 6.45) is 3.86. The fraction of sp³-hybridized carbons (Fsp3) is 0.333.